The Labute approximate surface area is 179 Å². The molecule has 0 aromatic heterocycles. The van der Waals surface area contributed by atoms with Crippen molar-refractivity contribution in [2.24, 2.45) is 0 Å². The first-order valence-electron chi connectivity index (χ1n) is 9.41. The van der Waals surface area contributed by atoms with Crippen LogP contribution in [0.5, 0.6) is 5.75 Å². The molecule has 0 spiro atoms. The molecule has 1 amide bonds. The van der Waals surface area contributed by atoms with Crippen molar-refractivity contribution in [2.45, 2.75) is 19.3 Å². The van der Waals surface area contributed by atoms with Crippen LogP contribution in [0, 0.1) is 6.92 Å². The van der Waals surface area contributed by atoms with Crippen molar-refractivity contribution in [3.05, 3.63) is 75.7 Å². The molecule has 1 unspecified atom stereocenters. The standard InChI is InChI=1S/C23H21ClN2O2S/c1-3-28-20-11-9-15(17-6-4-5-7-18(17)20)12-21-22(27)26-23(29-21)25-19-13-16(24)10-8-14(19)2/h4-13,23,25H,3H2,1-2H3,(H,26,27)/b21-12-. The maximum Gasteiger partial charge on any atom is 0.260 e. The van der Waals surface area contributed by atoms with Crippen molar-refractivity contribution < 1.29 is 9.53 Å². The second-order valence-corrected chi connectivity index (χ2v) is 8.30. The first-order chi connectivity index (χ1) is 14.0. The van der Waals surface area contributed by atoms with E-state index in [9.17, 15) is 4.79 Å². The number of carbonyl (C=O) groups excluding carboxylic acids is 1. The van der Waals surface area contributed by atoms with Crippen LogP contribution in [0.1, 0.15) is 18.1 Å². The summed E-state index contributed by atoms with van der Waals surface area (Å²) in [5, 5.41) is 9.07. The molecule has 0 saturated carbocycles. The molecular formula is C23H21ClN2O2S. The molecule has 1 aliphatic heterocycles. The molecule has 1 fully saturated rings. The summed E-state index contributed by atoms with van der Waals surface area (Å²) >= 11 is 7.56. The number of amides is 1. The molecule has 29 heavy (non-hydrogen) atoms. The number of halogens is 1. The van der Waals surface area contributed by atoms with Gasteiger partial charge in [0.05, 0.1) is 11.5 Å². The van der Waals surface area contributed by atoms with E-state index in [1.54, 1.807) is 0 Å². The molecule has 4 nitrogen and oxygen atoms in total. The lowest BCUT2D eigenvalue weighted by molar-refractivity contribution is -0.116. The summed E-state index contributed by atoms with van der Waals surface area (Å²) in [5.41, 5.74) is 2.71. The molecule has 3 aromatic rings. The van der Waals surface area contributed by atoms with E-state index in [2.05, 4.69) is 10.6 Å². The van der Waals surface area contributed by atoms with Crippen LogP contribution in [-0.4, -0.2) is 18.0 Å². The minimum absolute atomic E-state index is 0.0925. The lowest BCUT2D eigenvalue weighted by Crippen LogP contribution is -2.31. The van der Waals surface area contributed by atoms with Crippen molar-refractivity contribution in [1.29, 1.82) is 0 Å². The Bertz CT molecular complexity index is 1110. The van der Waals surface area contributed by atoms with E-state index < -0.39 is 0 Å². The van der Waals surface area contributed by atoms with Gasteiger partial charge in [-0.1, -0.05) is 59.8 Å². The number of aryl methyl sites for hydroxylation is 1. The number of thioether (sulfide) groups is 1. The van der Waals surface area contributed by atoms with Crippen LogP contribution in [0.15, 0.2) is 59.5 Å². The minimum atomic E-state index is -0.250. The van der Waals surface area contributed by atoms with Crippen LogP contribution >= 0.6 is 23.4 Å². The smallest absolute Gasteiger partial charge is 0.260 e. The largest absolute Gasteiger partial charge is 0.493 e. The van der Waals surface area contributed by atoms with Crippen LogP contribution in [0.25, 0.3) is 16.8 Å². The zero-order valence-electron chi connectivity index (χ0n) is 16.2. The lowest BCUT2D eigenvalue weighted by Gasteiger charge is -2.15. The van der Waals surface area contributed by atoms with Crippen LogP contribution < -0.4 is 15.4 Å². The number of rotatable bonds is 5. The molecule has 1 aliphatic rings. The van der Waals surface area contributed by atoms with Crippen LogP contribution in [-0.2, 0) is 4.79 Å². The second kappa shape index (κ2) is 8.39. The summed E-state index contributed by atoms with van der Waals surface area (Å²) in [5.74, 6) is 0.759. The third-order valence-corrected chi connectivity index (χ3v) is 5.98. The van der Waals surface area contributed by atoms with Gasteiger partial charge in [-0.25, -0.2) is 0 Å². The highest BCUT2D eigenvalue weighted by atomic mass is 35.5. The maximum absolute atomic E-state index is 12.5. The van der Waals surface area contributed by atoms with Gasteiger partial charge in [-0.3, -0.25) is 4.79 Å². The van der Waals surface area contributed by atoms with E-state index >= 15 is 0 Å². The van der Waals surface area contributed by atoms with E-state index in [0.717, 1.165) is 33.3 Å². The number of hydrogen-bond acceptors (Lipinski definition) is 4. The fraction of sp³-hybridized carbons (Fsp3) is 0.174. The Hall–Kier alpha value is -2.63. The summed E-state index contributed by atoms with van der Waals surface area (Å²) in [6, 6.07) is 17.7. The van der Waals surface area contributed by atoms with E-state index in [-0.39, 0.29) is 11.4 Å². The number of nitrogens with one attached hydrogen (secondary N) is 2. The zero-order chi connectivity index (χ0) is 20.4. The van der Waals surface area contributed by atoms with Crippen molar-refractivity contribution in [2.75, 3.05) is 11.9 Å². The third kappa shape index (κ3) is 4.21. The SMILES string of the molecule is CCOc1ccc(/C=C2\SC(Nc3cc(Cl)ccc3C)NC2=O)c2ccccc12. The van der Waals surface area contributed by atoms with Crippen molar-refractivity contribution in [3.63, 3.8) is 0 Å². The van der Waals surface area contributed by atoms with Crippen LogP contribution in [0.3, 0.4) is 0 Å². The van der Waals surface area contributed by atoms with E-state index in [0.29, 0.717) is 16.5 Å². The number of anilines is 1. The zero-order valence-corrected chi connectivity index (χ0v) is 17.7. The third-order valence-electron chi connectivity index (χ3n) is 4.72. The Kier molecular flexibility index (Phi) is 5.69. The summed E-state index contributed by atoms with van der Waals surface area (Å²) in [7, 11) is 0. The molecule has 1 saturated heterocycles. The lowest BCUT2D eigenvalue weighted by atomic mass is 10.0. The molecule has 6 heteroatoms. The molecule has 4 rings (SSSR count). The Morgan fingerprint density at radius 2 is 1.97 bits per heavy atom. The average Bonchev–Trinajstić information content (AvgIpc) is 3.05. The molecule has 3 aromatic carbocycles. The fourth-order valence-electron chi connectivity index (χ4n) is 3.30. The number of ether oxygens (including phenoxy) is 1. The first-order valence-corrected chi connectivity index (χ1v) is 10.7. The fourth-order valence-corrected chi connectivity index (χ4v) is 4.44. The van der Waals surface area contributed by atoms with Crippen molar-refractivity contribution in [1.82, 2.24) is 5.32 Å². The topological polar surface area (TPSA) is 50.4 Å². The summed E-state index contributed by atoms with van der Waals surface area (Å²) in [6.45, 7) is 4.58. The monoisotopic (exact) mass is 424 g/mol. The van der Waals surface area contributed by atoms with Gasteiger partial charge in [0.15, 0.2) is 5.50 Å². The summed E-state index contributed by atoms with van der Waals surface area (Å²) in [4.78, 5) is 13.2. The van der Waals surface area contributed by atoms with E-state index in [4.69, 9.17) is 16.3 Å². The number of carbonyl (C=O) groups is 1. The van der Waals surface area contributed by atoms with E-state index in [1.165, 1.54) is 11.8 Å². The molecule has 1 heterocycles. The molecule has 148 valence electrons. The maximum atomic E-state index is 12.5. The molecular weight excluding hydrogens is 404 g/mol. The Morgan fingerprint density at radius 3 is 2.76 bits per heavy atom. The van der Waals surface area contributed by atoms with Gasteiger partial charge in [0.25, 0.3) is 5.91 Å². The Morgan fingerprint density at radius 1 is 1.17 bits per heavy atom. The molecule has 2 N–H and O–H groups in total. The summed E-state index contributed by atoms with van der Waals surface area (Å²) in [6.07, 6.45) is 1.94. The van der Waals surface area contributed by atoms with Gasteiger partial charge >= 0.3 is 0 Å². The minimum Gasteiger partial charge on any atom is -0.493 e. The van der Waals surface area contributed by atoms with Crippen molar-refractivity contribution in [3.8, 4) is 5.75 Å². The highest BCUT2D eigenvalue weighted by Crippen LogP contribution is 2.35. The van der Waals surface area contributed by atoms with Gasteiger partial charge in [-0.2, -0.15) is 0 Å². The number of hydrogen-bond donors (Lipinski definition) is 2. The molecule has 1 atom stereocenters. The average molecular weight is 425 g/mol. The van der Waals surface area contributed by atoms with Crippen LogP contribution in [0.2, 0.25) is 5.02 Å². The van der Waals surface area contributed by atoms with Gasteiger partial charge in [-0.05, 0) is 54.6 Å². The second-order valence-electron chi connectivity index (χ2n) is 6.72. The molecule has 0 bridgehead atoms. The van der Waals surface area contributed by atoms with Gasteiger partial charge in [0.2, 0.25) is 0 Å². The number of fused-ring (bicyclic) bond motifs is 1. The molecule has 0 radical (unpaired) electrons. The highest BCUT2D eigenvalue weighted by molar-refractivity contribution is 8.05. The van der Waals surface area contributed by atoms with Crippen LogP contribution in [0.4, 0.5) is 5.69 Å². The van der Waals surface area contributed by atoms with Gasteiger partial charge in [0.1, 0.15) is 5.75 Å². The molecule has 0 aliphatic carbocycles. The highest BCUT2D eigenvalue weighted by Gasteiger charge is 2.27. The number of benzene rings is 3. The normalized spacial score (nSPS) is 17.6. The van der Waals surface area contributed by atoms with E-state index in [1.807, 2.05) is 74.5 Å². The van der Waals surface area contributed by atoms with Gasteiger partial charge in [-0.15, -0.1) is 0 Å². The Balaban J connectivity index is 1.61. The van der Waals surface area contributed by atoms with Gasteiger partial charge in [0, 0.05) is 16.1 Å². The van der Waals surface area contributed by atoms with Gasteiger partial charge < -0.3 is 15.4 Å². The van der Waals surface area contributed by atoms with Crippen molar-refractivity contribution >= 4 is 51.8 Å². The first kappa shape index (κ1) is 19.7. The predicted octanol–water partition coefficient (Wildman–Crippen LogP) is 5.80. The quantitative estimate of drug-likeness (QED) is 0.508. The predicted molar refractivity (Wildman–Crippen MR) is 122 cm³/mol. The summed E-state index contributed by atoms with van der Waals surface area (Å²) < 4.78 is 5.74.